The lowest BCUT2D eigenvalue weighted by Gasteiger charge is -2.28. The molecule has 0 bridgehead atoms. The summed E-state index contributed by atoms with van der Waals surface area (Å²) < 4.78 is 6.16. The van der Waals surface area contributed by atoms with Crippen molar-refractivity contribution < 1.29 is 4.74 Å². The third-order valence-corrected chi connectivity index (χ3v) is 3.39. The predicted octanol–water partition coefficient (Wildman–Crippen LogP) is 3.08. The van der Waals surface area contributed by atoms with Gasteiger partial charge in [0.2, 0.25) is 0 Å². The van der Waals surface area contributed by atoms with Crippen molar-refractivity contribution in [3.63, 3.8) is 0 Å². The minimum Gasteiger partial charge on any atom is -0.369 e. The van der Waals surface area contributed by atoms with E-state index < -0.39 is 0 Å². The lowest BCUT2D eigenvalue weighted by Crippen LogP contribution is -2.28. The van der Waals surface area contributed by atoms with Crippen LogP contribution in [0.25, 0.3) is 0 Å². The maximum Gasteiger partial charge on any atom is 0.0832 e. The van der Waals surface area contributed by atoms with Crippen LogP contribution in [0.15, 0.2) is 24.3 Å². The van der Waals surface area contributed by atoms with Gasteiger partial charge in [-0.25, -0.2) is 0 Å². The molecule has 0 radical (unpaired) electrons. The number of benzene rings is 1. The number of ether oxygens (including phenoxy) is 1. The van der Waals surface area contributed by atoms with E-state index >= 15 is 0 Å². The van der Waals surface area contributed by atoms with Gasteiger partial charge in [-0.05, 0) is 43.9 Å². The SMILES string of the molecule is CCNCC(C)OC1CCCc2ccccc21. The molecule has 0 aliphatic heterocycles. The molecule has 94 valence electrons. The van der Waals surface area contributed by atoms with Crippen LogP contribution in [0.5, 0.6) is 0 Å². The third-order valence-electron chi connectivity index (χ3n) is 3.39. The van der Waals surface area contributed by atoms with Crippen LogP contribution in [0.3, 0.4) is 0 Å². The smallest absolute Gasteiger partial charge is 0.0832 e. The first kappa shape index (κ1) is 12.6. The molecule has 1 N–H and O–H groups in total. The zero-order chi connectivity index (χ0) is 12.1. The highest BCUT2D eigenvalue weighted by molar-refractivity contribution is 5.31. The molecule has 0 fully saturated rings. The van der Waals surface area contributed by atoms with E-state index in [1.54, 1.807) is 0 Å². The van der Waals surface area contributed by atoms with Crippen LogP contribution in [0.2, 0.25) is 0 Å². The third kappa shape index (κ3) is 3.30. The molecule has 2 atom stereocenters. The second kappa shape index (κ2) is 6.18. The predicted molar refractivity (Wildman–Crippen MR) is 71.2 cm³/mol. The summed E-state index contributed by atoms with van der Waals surface area (Å²) in [7, 11) is 0. The Bertz CT molecular complexity index is 351. The van der Waals surface area contributed by atoms with E-state index in [0.717, 1.165) is 19.5 Å². The first-order chi connectivity index (χ1) is 8.31. The zero-order valence-electron chi connectivity index (χ0n) is 10.9. The Morgan fingerprint density at radius 1 is 1.41 bits per heavy atom. The van der Waals surface area contributed by atoms with Gasteiger partial charge in [0, 0.05) is 6.54 Å². The summed E-state index contributed by atoms with van der Waals surface area (Å²) in [6, 6.07) is 8.71. The van der Waals surface area contributed by atoms with Crippen molar-refractivity contribution in [3.8, 4) is 0 Å². The number of rotatable bonds is 5. The molecule has 1 aliphatic carbocycles. The van der Waals surface area contributed by atoms with Gasteiger partial charge in [-0.3, -0.25) is 0 Å². The first-order valence-corrected chi connectivity index (χ1v) is 6.75. The number of hydrogen-bond donors (Lipinski definition) is 1. The number of nitrogens with one attached hydrogen (secondary N) is 1. The Kier molecular flexibility index (Phi) is 4.57. The average Bonchev–Trinajstić information content (AvgIpc) is 2.37. The Morgan fingerprint density at radius 3 is 3.06 bits per heavy atom. The fraction of sp³-hybridized carbons (Fsp3) is 0.600. The van der Waals surface area contributed by atoms with E-state index in [0.29, 0.717) is 6.10 Å². The van der Waals surface area contributed by atoms with Crippen LogP contribution in [-0.2, 0) is 11.2 Å². The molecule has 1 aromatic carbocycles. The van der Waals surface area contributed by atoms with E-state index in [1.807, 2.05) is 0 Å². The van der Waals surface area contributed by atoms with E-state index in [-0.39, 0.29) is 6.10 Å². The zero-order valence-corrected chi connectivity index (χ0v) is 10.9. The van der Waals surface area contributed by atoms with Gasteiger partial charge >= 0.3 is 0 Å². The average molecular weight is 233 g/mol. The topological polar surface area (TPSA) is 21.3 Å². The molecule has 0 saturated carbocycles. The molecule has 0 heterocycles. The highest BCUT2D eigenvalue weighted by Crippen LogP contribution is 2.32. The Labute approximate surface area is 104 Å². The lowest BCUT2D eigenvalue weighted by atomic mass is 9.89. The molecule has 0 amide bonds. The van der Waals surface area contributed by atoms with E-state index in [2.05, 4.69) is 43.4 Å². The molecule has 0 aromatic heterocycles. The molecule has 2 rings (SSSR count). The maximum atomic E-state index is 6.16. The minimum atomic E-state index is 0.283. The van der Waals surface area contributed by atoms with Gasteiger partial charge in [0.15, 0.2) is 0 Å². The van der Waals surface area contributed by atoms with Crippen LogP contribution >= 0.6 is 0 Å². The van der Waals surface area contributed by atoms with E-state index in [9.17, 15) is 0 Å². The quantitative estimate of drug-likeness (QED) is 0.844. The Balaban J connectivity index is 1.98. The van der Waals surface area contributed by atoms with Crippen molar-refractivity contribution in [3.05, 3.63) is 35.4 Å². The summed E-state index contributed by atoms with van der Waals surface area (Å²) in [4.78, 5) is 0. The molecule has 2 unspecified atom stereocenters. The Morgan fingerprint density at radius 2 is 2.24 bits per heavy atom. The van der Waals surface area contributed by atoms with Gasteiger partial charge in [-0.2, -0.15) is 0 Å². The van der Waals surface area contributed by atoms with Gasteiger partial charge in [0.05, 0.1) is 12.2 Å². The van der Waals surface area contributed by atoms with Gasteiger partial charge in [-0.15, -0.1) is 0 Å². The van der Waals surface area contributed by atoms with Crippen LogP contribution in [0.1, 0.15) is 43.9 Å². The standard InChI is InChI=1S/C15H23NO/c1-3-16-11-12(2)17-15-10-6-8-13-7-4-5-9-14(13)15/h4-5,7,9,12,15-16H,3,6,8,10-11H2,1-2H3. The van der Waals surface area contributed by atoms with Crippen molar-refractivity contribution in [1.82, 2.24) is 5.32 Å². The maximum absolute atomic E-state index is 6.16. The number of fused-ring (bicyclic) bond motifs is 1. The van der Waals surface area contributed by atoms with Crippen LogP contribution in [0, 0.1) is 0 Å². The van der Waals surface area contributed by atoms with Crippen LogP contribution in [0.4, 0.5) is 0 Å². The molecular formula is C15H23NO. The first-order valence-electron chi connectivity index (χ1n) is 6.75. The number of hydrogen-bond acceptors (Lipinski definition) is 2. The highest BCUT2D eigenvalue weighted by Gasteiger charge is 2.21. The number of aryl methyl sites for hydroxylation is 1. The van der Waals surface area contributed by atoms with Gasteiger partial charge < -0.3 is 10.1 Å². The fourth-order valence-corrected chi connectivity index (χ4v) is 2.53. The van der Waals surface area contributed by atoms with Crippen LogP contribution in [-0.4, -0.2) is 19.2 Å². The second-order valence-corrected chi connectivity index (χ2v) is 4.83. The lowest BCUT2D eigenvalue weighted by molar-refractivity contribution is -0.0115. The largest absolute Gasteiger partial charge is 0.369 e. The summed E-state index contributed by atoms with van der Waals surface area (Å²) in [5, 5.41) is 3.34. The minimum absolute atomic E-state index is 0.283. The summed E-state index contributed by atoms with van der Waals surface area (Å²) in [5.41, 5.74) is 2.88. The number of likely N-dealkylation sites (N-methyl/N-ethyl adjacent to an activating group) is 1. The van der Waals surface area contributed by atoms with Crippen LogP contribution < -0.4 is 5.32 Å². The van der Waals surface area contributed by atoms with Gasteiger partial charge in [0.25, 0.3) is 0 Å². The Hall–Kier alpha value is -0.860. The summed E-state index contributed by atoms with van der Waals surface area (Å²) >= 11 is 0. The monoisotopic (exact) mass is 233 g/mol. The summed E-state index contributed by atoms with van der Waals surface area (Å²) in [6.07, 6.45) is 4.19. The molecule has 0 saturated heterocycles. The van der Waals surface area contributed by atoms with E-state index in [1.165, 1.54) is 24.0 Å². The van der Waals surface area contributed by atoms with Crippen molar-refractivity contribution in [2.45, 2.75) is 45.3 Å². The molecule has 1 aliphatic rings. The van der Waals surface area contributed by atoms with Crippen molar-refractivity contribution in [2.75, 3.05) is 13.1 Å². The molecular weight excluding hydrogens is 210 g/mol. The molecule has 1 aromatic rings. The van der Waals surface area contributed by atoms with Crippen molar-refractivity contribution in [1.29, 1.82) is 0 Å². The summed E-state index contributed by atoms with van der Waals surface area (Å²) in [6.45, 7) is 6.23. The second-order valence-electron chi connectivity index (χ2n) is 4.83. The highest BCUT2D eigenvalue weighted by atomic mass is 16.5. The molecule has 0 spiro atoms. The van der Waals surface area contributed by atoms with Crippen molar-refractivity contribution in [2.24, 2.45) is 0 Å². The normalized spacial score (nSPS) is 20.9. The van der Waals surface area contributed by atoms with E-state index in [4.69, 9.17) is 4.74 Å². The van der Waals surface area contributed by atoms with Gasteiger partial charge in [-0.1, -0.05) is 31.2 Å². The fourth-order valence-electron chi connectivity index (χ4n) is 2.53. The summed E-state index contributed by atoms with van der Waals surface area (Å²) in [5.74, 6) is 0. The molecule has 2 nitrogen and oxygen atoms in total. The molecule has 2 heteroatoms. The molecule has 17 heavy (non-hydrogen) atoms. The van der Waals surface area contributed by atoms with Gasteiger partial charge in [0.1, 0.15) is 0 Å². The van der Waals surface area contributed by atoms with Crippen molar-refractivity contribution >= 4 is 0 Å².